The SMILES string of the molecule is CC(NC(=O)C1CCCCC1C(F)(F)F)c1ncc[nH]1. The van der Waals surface area contributed by atoms with Crippen LogP contribution in [0.15, 0.2) is 12.4 Å². The highest BCUT2D eigenvalue weighted by atomic mass is 19.4. The Morgan fingerprint density at radius 3 is 2.75 bits per heavy atom. The molecule has 2 N–H and O–H groups in total. The molecule has 1 fully saturated rings. The number of hydrogen-bond acceptors (Lipinski definition) is 2. The molecular weight excluding hydrogens is 271 g/mol. The fourth-order valence-electron chi connectivity index (χ4n) is 2.74. The number of amides is 1. The number of alkyl halides is 3. The number of aromatic nitrogens is 2. The average molecular weight is 289 g/mol. The molecule has 1 aliphatic rings. The van der Waals surface area contributed by atoms with Crippen LogP contribution in [0.4, 0.5) is 13.2 Å². The lowest BCUT2D eigenvalue weighted by atomic mass is 9.78. The third kappa shape index (κ3) is 3.32. The Labute approximate surface area is 115 Å². The maximum atomic E-state index is 13.0. The van der Waals surface area contributed by atoms with E-state index in [1.807, 2.05) is 0 Å². The van der Waals surface area contributed by atoms with Gasteiger partial charge in [0.1, 0.15) is 5.82 Å². The zero-order valence-corrected chi connectivity index (χ0v) is 11.2. The summed E-state index contributed by atoms with van der Waals surface area (Å²) in [6, 6.07) is -0.423. The molecule has 1 amide bonds. The van der Waals surface area contributed by atoms with Crippen LogP contribution in [0.5, 0.6) is 0 Å². The summed E-state index contributed by atoms with van der Waals surface area (Å²) in [5, 5.41) is 2.62. The largest absolute Gasteiger partial charge is 0.392 e. The summed E-state index contributed by atoms with van der Waals surface area (Å²) < 4.78 is 38.9. The molecule has 3 unspecified atom stereocenters. The molecular formula is C13H18F3N3O. The van der Waals surface area contributed by atoms with Crippen LogP contribution in [0.3, 0.4) is 0 Å². The van der Waals surface area contributed by atoms with Crippen molar-refractivity contribution in [1.82, 2.24) is 15.3 Å². The van der Waals surface area contributed by atoms with E-state index in [-0.39, 0.29) is 6.42 Å². The van der Waals surface area contributed by atoms with Crippen LogP contribution in [0.1, 0.15) is 44.5 Å². The molecule has 20 heavy (non-hydrogen) atoms. The molecule has 1 aliphatic carbocycles. The van der Waals surface area contributed by atoms with E-state index in [2.05, 4.69) is 15.3 Å². The van der Waals surface area contributed by atoms with Gasteiger partial charge in [-0.15, -0.1) is 0 Å². The molecule has 1 saturated carbocycles. The van der Waals surface area contributed by atoms with E-state index >= 15 is 0 Å². The maximum absolute atomic E-state index is 13.0. The number of nitrogens with zero attached hydrogens (tertiary/aromatic N) is 1. The molecule has 0 spiro atoms. The highest BCUT2D eigenvalue weighted by Crippen LogP contribution is 2.41. The molecule has 1 aromatic heterocycles. The monoisotopic (exact) mass is 289 g/mol. The number of nitrogens with one attached hydrogen (secondary N) is 2. The lowest BCUT2D eigenvalue weighted by Gasteiger charge is -2.32. The quantitative estimate of drug-likeness (QED) is 0.898. The maximum Gasteiger partial charge on any atom is 0.392 e. The average Bonchev–Trinajstić information content (AvgIpc) is 2.91. The standard InChI is InChI=1S/C13H18F3N3O/c1-8(11-17-6-7-18-11)19-12(20)9-4-2-3-5-10(9)13(14,15)16/h6-10H,2-5H2,1H3,(H,17,18)(H,19,20). The van der Waals surface area contributed by atoms with Crippen LogP contribution in [-0.4, -0.2) is 22.1 Å². The van der Waals surface area contributed by atoms with E-state index < -0.39 is 30.0 Å². The number of halogens is 3. The number of hydrogen-bond donors (Lipinski definition) is 2. The Hall–Kier alpha value is -1.53. The van der Waals surface area contributed by atoms with E-state index in [0.29, 0.717) is 25.1 Å². The molecule has 4 nitrogen and oxygen atoms in total. The highest BCUT2D eigenvalue weighted by molar-refractivity contribution is 5.79. The van der Waals surface area contributed by atoms with Crippen LogP contribution in [0.25, 0.3) is 0 Å². The topological polar surface area (TPSA) is 57.8 Å². The van der Waals surface area contributed by atoms with Gasteiger partial charge in [-0.25, -0.2) is 4.98 Å². The Bertz CT molecular complexity index is 444. The Morgan fingerprint density at radius 2 is 2.15 bits per heavy atom. The van der Waals surface area contributed by atoms with E-state index in [0.717, 1.165) is 0 Å². The lowest BCUT2D eigenvalue weighted by molar-refractivity contribution is -0.198. The van der Waals surface area contributed by atoms with Crippen molar-refractivity contribution >= 4 is 5.91 Å². The number of aromatic amines is 1. The van der Waals surface area contributed by atoms with Crippen LogP contribution >= 0.6 is 0 Å². The third-order valence-electron chi connectivity index (χ3n) is 3.81. The van der Waals surface area contributed by atoms with Crippen LogP contribution in [0, 0.1) is 11.8 Å². The zero-order valence-electron chi connectivity index (χ0n) is 11.2. The van der Waals surface area contributed by atoms with Crippen molar-refractivity contribution in [3.8, 4) is 0 Å². The van der Waals surface area contributed by atoms with Gasteiger partial charge in [-0.05, 0) is 19.8 Å². The van der Waals surface area contributed by atoms with Crippen molar-refractivity contribution in [2.45, 2.75) is 44.8 Å². The van der Waals surface area contributed by atoms with Gasteiger partial charge in [0.05, 0.1) is 12.0 Å². The molecule has 2 rings (SSSR count). The first-order chi connectivity index (χ1) is 9.39. The molecule has 0 aliphatic heterocycles. The summed E-state index contributed by atoms with van der Waals surface area (Å²) in [4.78, 5) is 18.9. The first-order valence-electron chi connectivity index (χ1n) is 6.76. The van der Waals surface area contributed by atoms with E-state index in [9.17, 15) is 18.0 Å². The minimum absolute atomic E-state index is 0.0384. The van der Waals surface area contributed by atoms with Crippen molar-refractivity contribution in [3.05, 3.63) is 18.2 Å². The summed E-state index contributed by atoms with van der Waals surface area (Å²) in [6.45, 7) is 1.70. The van der Waals surface area contributed by atoms with Gasteiger partial charge in [0.2, 0.25) is 5.91 Å². The summed E-state index contributed by atoms with van der Waals surface area (Å²) in [5.41, 5.74) is 0. The van der Waals surface area contributed by atoms with Gasteiger partial charge in [-0.3, -0.25) is 4.79 Å². The molecule has 0 bridgehead atoms. The Balaban J connectivity index is 2.03. The summed E-state index contributed by atoms with van der Waals surface area (Å²) >= 11 is 0. The fourth-order valence-corrected chi connectivity index (χ4v) is 2.74. The van der Waals surface area contributed by atoms with Gasteiger partial charge in [-0.1, -0.05) is 12.8 Å². The molecule has 0 saturated heterocycles. The predicted molar refractivity (Wildman–Crippen MR) is 66.6 cm³/mol. The Morgan fingerprint density at radius 1 is 1.45 bits per heavy atom. The van der Waals surface area contributed by atoms with Crippen LogP contribution in [0.2, 0.25) is 0 Å². The van der Waals surface area contributed by atoms with Crippen LogP contribution < -0.4 is 5.32 Å². The van der Waals surface area contributed by atoms with E-state index in [4.69, 9.17) is 0 Å². The summed E-state index contributed by atoms with van der Waals surface area (Å²) in [7, 11) is 0. The molecule has 112 valence electrons. The molecule has 0 aromatic carbocycles. The number of carbonyl (C=O) groups is 1. The van der Waals surface area contributed by atoms with Gasteiger partial charge in [0.15, 0.2) is 0 Å². The number of carbonyl (C=O) groups excluding carboxylic acids is 1. The third-order valence-corrected chi connectivity index (χ3v) is 3.81. The van der Waals surface area contributed by atoms with Gasteiger partial charge >= 0.3 is 6.18 Å². The molecule has 3 atom stereocenters. The lowest BCUT2D eigenvalue weighted by Crippen LogP contribution is -2.43. The van der Waals surface area contributed by atoms with Gasteiger partial charge in [0.25, 0.3) is 0 Å². The van der Waals surface area contributed by atoms with Crippen molar-refractivity contribution in [2.24, 2.45) is 11.8 Å². The molecule has 7 heteroatoms. The first-order valence-corrected chi connectivity index (χ1v) is 6.76. The first kappa shape index (κ1) is 14.9. The normalized spacial score (nSPS) is 25.2. The minimum Gasteiger partial charge on any atom is -0.347 e. The summed E-state index contributed by atoms with van der Waals surface area (Å²) in [5.74, 6) is -2.50. The highest BCUT2D eigenvalue weighted by Gasteiger charge is 2.48. The van der Waals surface area contributed by atoms with Crippen molar-refractivity contribution in [2.75, 3.05) is 0 Å². The second kappa shape index (κ2) is 5.85. The molecule has 0 radical (unpaired) electrons. The van der Waals surface area contributed by atoms with Crippen molar-refractivity contribution in [1.29, 1.82) is 0 Å². The number of H-pyrrole nitrogens is 1. The van der Waals surface area contributed by atoms with Gasteiger partial charge in [-0.2, -0.15) is 13.2 Å². The van der Waals surface area contributed by atoms with E-state index in [1.165, 1.54) is 6.20 Å². The van der Waals surface area contributed by atoms with Gasteiger partial charge in [0, 0.05) is 18.3 Å². The Kier molecular flexibility index (Phi) is 4.35. The van der Waals surface area contributed by atoms with Crippen molar-refractivity contribution < 1.29 is 18.0 Å². The van der Waals surface area contributed by atoms with Crippen molar-refractivity contribution in [3.63, 3.8) is 0 Å². The summed E-state index contributed by atoms with van der Waals surface area (Å²) in [6.07, 6.45) is 0.365. The van der Waals surface area contributed by atoms with E-state index in [1.54, 1.807) is 13.1 Å². The second-order valence-electron chi connectivity index (χ2n) is 5.24. The van der Waals surface area contributed by atoms with Gasteiger partial charge < -0.3 is 10.3 Å². The number of rotatable bonds is 3. The predicted octanol–water partition coefficient (Wildman–Crippen LogP) is 2.96. The second-order valence-corrected chi connectivity index (χ2v) is 5.24. The molecule has 1 heterocycles. The molecule has 1 aromatic rings. The smallest absolute Gasteiger partial charge is 0.347 e. The minimum atomic E-state index is -4.31. The fraction of sp³-hybridized carbons (Fsp3) is 0.692. The number of imidazole rings is 1. The zero-order chi connectivity index (χ0) is 14.8. The van der Waals surface area contributed by atoms with Crippen LogP contribution in [-0.2, 0) is 4.79 Å².